The number of fused-ring (bicyclic) bond motifs is 3. The number of alkyl halides is 3. The molecule has 0 amide bonds. The van der Waals surface area contributed by atoms with Crippen LogP contribution in [0.4, 0.5) is 27.6 Å². The molecule has 35 heavy (non-hydrogen) atoms. The molecule has 2 aliphatic rings. The van der Waals surface area contributed by atoms with Crippen molar-refractivity contribution in [3.05, 3.63) is 118 Å². The van der Waals surface area contributed by atoms with E-state index in [1.54, 1.807) is 54.6 Å². The van der Waals surface area contributed by atoms with Gasteiger partial charge in [-0.15, -0.1) is 0 Å². The summed E-state index contributed by atoms with van der Waals surface area (Å²) >= 11 is 3.34. The normalized spacial score (nSPS) is 22.3. The lowest BCUT2D eigenvalue weighted by Crippen LogP contribution is -2.40. The first-order valence-corrected chi connectivity index (χ1v) is 11.6. The molecule has 1 heterocycles. The topological polar surface area (TPSA) is 3.24 Å². The maximum absolute atomic E-state index is 14.9. The monoisotopic (exact) mass is 543 g/mol. The molecule has 0 saturated heterocycles. The summed E-state index contributed by atoms with van der Waals surface area (Å²) in [6.45, 7) is 7.31. The van der Waals surface area contributed by atoms with E-state index < -0.39 is 35.3 Å². The van der Waals surface area contributed by atoms with Crippen molar-refractivity contribution in [1.29, 1.82) is 0 Å². The molecule has 178 valence electrons. The van der Waals surface area contributed by atoms with Crippen molar-refractivity contribution >= 4 is 39.5 Å². The van der Waals surface area contributed by atoms with Gasteiger partial charge in [-0.2, -0.15) is 22.0 Å². The highest BCUT2D eigenvalue weighted by Gasteiger charge is 2.83. The van der Waals surface area contributed by atoms with Gasteiger partial charge < -0.3 is 4.90 Å². The first kappa shape index (κ1) is 23.5. The molecular weight excluding hydrogens is 525 g/mol. The number of hydrogen-bond donors (Lipinski definition) is 0. The Morgan fingerprint density at radius 3 is 1.97 bits per heavy atom. The summed E-state index contributed by atoms with van der Waals surface area (Å²) in [4.78, 5) is 1.18. The Bertz CT molecular complexity index is 1350. The number of halogens is 6. The number of nitrogens with zero attached hydrogens (tertiary/aromatic N) is 1. The van der Waals surface area contributed by atoms with E-state index in [0.717, 1.165) is 5.56 Å². The molecule has 1 nitrogen and oxygen atoms in total. The van der Waals surface area contributed by atoms with Crippen LogP contribution in [0, 0.1) is 0 Å². The summed E-state index contributed by atoms with van der Waals surface area (Å²) in [5, 5.41) is 0. The highest BCUT2D eigenvalue weighted by molar-refractivity contribution is 9.10. The molecule has 0 unspecified atom stereocenters. The van der Waals surface area contributed by atoms with Crippen LogP contribution >= 0.6 is 15.9 Å². The van der Waals surface area contributed by atoms with Gasteiger partial charge in [0.15, 0.2) is 0 Å². The largest absolute Gasteiger partial charge is 0.401 e. The van der Waals surface area contributed by atoms with Crippen LogP contribution in [0.2, 0.25) is 0 Å². The minimum atomic E-state index is -4.68. The molecule has 1 saturated carbocycles. The van der Waals surface area contributed by atoms with Crippen LogP contribution in [0.5, 0.6) is 0 Å². The highest BCUT2D eigenvalue weighted by atomic mass is 79.9. The van der Waals surface area contributed by atoms with Crippen LogP contribution < -0.4 is 4.90 Å². The summed E-state index contributed by atoms with van der Waals surface area (Å²) in [7, 11) is 0. The molecule has 3 atom stereocenters. The summed E-state index contributed by atoms with van der Waals surface area (Å²) in [6, 6.07) is 15.8. The van der Waals surface area contributed by atoms with Gasteiger partial charge in [0.2, 0.25) is 0 Å². The van der Waals surface area contributed by atoms with E-state index in [1.165, 1.54) is 29.2 Å². The van der Waals surface area contributed by atoms with Crippen molar-refractivity contribution < 1.29 is 22.0 Å². The van der Waals surface area contributed by atoms with E-state index in [2.05, 4.69) is 29.1 Å². The molecular formula is C28H19BrF5N. The summed E-state index contributed by atoms with van der Waals surface area (Å²) in [5.41, 5.74) is -0.550. The van der Waals surface area contributed by atoms with E-state index in [4.69, 9.17) is 0 Å². The summed E-state index contributed by atoms with van der Waals surface area (Å²) < 4.78 is 74.5. The Balaban J connectivity index is 1.74. The minimum Gasteiger partial charge on any atom is -0.331 e. The second-order valence-corrected chi connectivity index (χ2v) is 9.54. The van der Waals surface area contributed by atoms with Gasteiger partial charge >= 0.3 is 6.18 Å². The predicted molar refractivity (Wildman–Crippen MR) is 133 cm³/mol. The maximum atomic E-state index is 14.9. The second-order valence-electron chi connectivity index (χ2n) is 8.62. The molecule has 0 aromatic heterocycles. The van der Waals surface area contributed by atoms with Gasteiger partial charge in [0.1, 0.15) is 11.1 Å². The average Bonchev–Trinajstić information content (AvgIpc) is 3.44. The van der Waals surface area contributed by atoms with Crippen molar-refractivity contribution in [2.45, 2.75) is 23.6 Å². The summed E-state index contributed by atoms with van der Waals surface area (Å²) in [6.07, 6.45) is -3.61. The van der Waals surface area contributed by atoms with E-state index in [-0.39, 0.29) is 11.1 Å². The third-order valence-electron chi connectivity index (χ3n) is 6.96. The standard InChI is InChI=1S/C28H19BrF5N/c1-3-16-5-9-18(10-6-16)24(26(30)31)35-22-14-13-20(29)15-21(22)23-25(35)27(23,28(32,33)34)19-11-7-17(4-2)8-12-19/h3-15,23,25H,1-2H2/t23-,25+,27+/m0/s1. The SMILES string of the molecule is C=Cc1ccc(C(=C(F)F)N2c3ccc(Br)cc3[C@H]3[C@@H]2[C@]3(c2ccc(C=C)cc2)C(F)(F)F)cc1. The lowest BCUT2D eigenvalue weighted by atomic mass is 9.87. The van der Waals surface area contributed by atoms with Crippen molar-refractivity contribution in [3.8, 4) is 0 Å². The van der Waals surface area contributed by atoms with Crippen molar-refractivity contribution in [1.82, 2.24) is 0 Å². The number of hydrogen-bond acceptors (Lipinski definition) is 1. The molecule has 0 N–H and O–H groups in total. The van der Waals surface area contributed by atoms with Crippen LogP contribution in [0.1, 0.15) is 33.7 Å². The number of rotatable bonds is 5. The van der Waals surface area contributed by atoms with Crippen LogP contribution in [0.3, 0.4) is 0 Å². The van der Waals surface area contributed by atoms with Crippen LogP contribution in [-0.2, 0) is 5.41 Å². The van der Waals surface area contributed by atoms with Crippen LogP contribution in [0.25, 0.3) is 17.8 Å². The zero-order valence-corrected chi connectivity index (χ0v) is 19.9. The average molecular weight is 544 g/mol. The Kier molecular flexibility index (Phi) is 5.51. The van der Waals surface area contributed by atoms with Gasteiger partial charge in [0.05, 0.1) is 6.04 Å². The van der Waals surface area contributed by atoms with Gasteiger partial charge in [0.25, 0.3) is 6.08 Å². The Morgan fingerprint density at radius 1 is 0.886 bits per heavy atom. The van der Waals surface area contributed by atoms with Gasteiger partial charge in [-0.05, 0) is 40.5 Å². The number of benzene rings is 3. The van der Waals surface area contributed by atoms with Gasteiger partial charge in [-0.25, -0.2) is 0 Å². The van der Waals surface area contributed by atoms with Gasteiger partial charge in [-0.1, -0.05) is 89.8 Å². The van der Waals surface area contributed by atoms with Crippen LogP contribution in [0.15, 0.2) is 90.4 Å². The van der Waals surface area contributed by atoms with Crippen molar-refractivity contribution in [3.63, 3.8) is 0 Å². The molecule has 1 fully saturated rings. The Morgan fingerprint density at radius 2 is 1.46 bits per heavy atom. The third kappa shape index (κ3) is 3.39. The molecule has 1 aliphatic carbocycles. The summed E-state index contributed by atoms with van der Waals surface area (Å²) in [5.74, 6) is -1.04. The first-order valence-electron chi connectivity index (χ1n) is 10.8. The molecule has 7 heteroatoms. The van der Waals surface area contributed by atoms with Gasteiger partial charge in [0, 0.05) is 21.6 Å². The molecule has 0 spiro atoms. The van der Waals surface area contributed by atoms with Crippen LogP contribution in [-0.4, -0.2) is 12.2 Å². The predicted octanol–water partition coefficient (Wildman–Crippen LogP) is 8.79. The number of anilines is 1. The molecule has 5 rings (SSSR count). The quantitative estimate of drug-likeness (QED) is 0.290. The Labute approximate surface area is 208 Å². The van der Waals surface area contributed by atoms with Crippen molar-refractivity contribution in [2.75, 3.05) is 4.90 Å². The molecule has 0 radical (unpaired) electrons. The van der Waals surface area contributed by atoms with E-state index in [9.17, 15) is 22.0 Å². The fraction of sp³-hybridized carbons (Fsp3) is 0.143. The first-order chi connectivity index (χ1) is 16.6. The molecule has 3 aromatic carbocycles. The highest BCUT2D eigenvalue weighted by Crippen LogP contribution is 2.75. The van der Waals surface area contributed by atoms with E-state index >= 15 is 0 Å². The van der Waals surface area contributed by atoms with E-state index in [1.807, 2.05) is 0 Å². The third-order valence-corrected chi connectivity index (χ3v) is 7.45. The minimum absolute atomic E-state index is 0.0434. The fourth-order valence-corrected chi connectivity index (χ4v) is 5.79. The zero-order valence-electron chi connectivity index (χ0n) is 18.3. The van der Waals surface area contributed by atoms with E-state index in [0.29, 0.717) is 21.3 Å². The maximum Gasteiger partial charge on any atom is 0.401 e. The molecule has 1 aliphatic heterocycles. The van der Waals surface area contributed by atoms with Crippen molar-refractivity contribution in [2.24, 2.45) is 0 Å². The van der Waals surface area contributed by atoms with Gasteiger partial charge in [-0.3, -0.25) is 0 Å². The molecule has 0 bridgehead atoms. The second kappa shape index (κ2) is 8.19. The zero-order chi connectivity index (χ0) is 25.1. The molecule has 3 aromatic rings. The smallest absolute Gasteiger partial charge is 0.331 e. The lowest BCUT2D eigenvalue weighted by molar-refractivity contribution is -0.163. The fourth-order valence-electron chi connectivity index (χ4n) is 5.41. The lowest BCUT2D eigenvalue weighted by Gasteiger charge is -2.33. The Hall–Kier alpha value is -3.19.